The Bertz CT molecular complexity index is 407. The van der Waals surface area contributed by atoms with Gasteiger partial charge in [-0.05, 0) is 43.8 Å². The van der Waals surface area contributed by atoms with Crippen molar-refractivity contribution in [3.8, 4) is 0 Å². The molecule has 20 heavy (non-hydrogen) atoms. The lowest BCUT2D eigenvalue weighted by Gasteiger charge is -2.15. The summed E-state index contributed by atoms with van der Waals surface area (Å²) in [5.41, 5.74) is 6.98. The summed E-state index contributed by atoms with van der Waals surface area (Å²) in [6.07, 6.45) is 3.12. The summed E-state index contributed by atoms with van der Waals surface area (Å²) >= 11 is 0. The number of amides is 1. The minimum absolute atomic E-state index is 0.135. The van der Waals surface area contributed by atoms with E-state index < -0.39 is 0 Å². The number of benzene rings is 1. The molecule has 1 amide bonds. The minimum atomic E-state index is 0.135. The zero-order chi connectivity index (χ0) is 14.2. The minimum Gasteiger partial charge on any atom is -0.355 e. The van der Waals surface area contributed by atoms with Crippen molar-refractivity contribution in [2.24, 2.45) is 11.7 Å². The first-order valence-electron chi connectivity index (χ1n) is 7.51. The average molecular weight is 275 g/mol. The van der Waals surface area contributed by atoms with E-state index in [1.165, 1.54) is 5.56 Å². The van der Waals surface area contributed by atoms with Crippen LogP contribution < -0.4 is 11.1 Å². The second-order valence-corrected chi connectivity index (χ2v) is 5.56. The molecule has 0 spiro atoms. The monoisotopic (exact) mass is 275 g/mol. The van der Waals surface area contributed by atoms with Crippen LogP contribution in [-0.4, -0.2) is 43.5 Å². The second-order valence-electron chi connectivity index (χ2n) is 5.56. The molecule has 1 aliphatic rings. The first-order valence-corrected chi connectivity index (χ1v) is 7.51. The van der Waals surface area contributed by atoms with Gasteiger partial charge in [0.1, 0.15) is 0 Å². The number of nitrogens with one attached hydrogen (secondary N) is 1. The van der Waals surface area contributed by atoms with E-state index in [-0.39, 0.29) is 5.91 Å². The number of hydrogen-bond acceptors (Lipinski definition) is 3. The summed E-state index contributed by atoms with van der Waals surface area (Å²) < 4.78 is 0. The Morgan fingerprint density at radius 3 is 2.85 bits per heavy atom. The lowest BCUT2D eigenvalue weighted by Crippen LogP contribution is -2.37. The molecule has 1 aromatic carbocycles. The van der Waals surface area contributed by atoms with E-state index in [1.54, 1.807) is 0 Å². The van der Waals surface area contributed by atoms with Gasteiger partial charge >= 0.3 is 0 Å². The summed E-state index contributed by atoms with van der Waals surface area (Å²) in [6, 6.07) is 10.4. The highest BCUT2D eigenvalue weighted by Gasteiger charge is 2.22. The van der Waals surface area contributed by atoms with Gasteiger partial charge in [-0.3, -0.25) is 9.69 Å². The molecular formula is C16H25N3O. The van der Waals surface area contributed by atoms with E-state index in [0.29, 0.717) is 12.5 Å². The number of likely N-dealkylation sites (tertiary alicyclic amines) is 1. The van der Waals surface area contributed by atoms with Crippen molar-refractivity contribution in [2.45, 2.75) is 19.3 Å². The maximum Gasteiger partial charge on any atom is 0.234 e. The molecule has 0 radical (unpaired) electrons. The lowest BCUT2D eigenvalue weighted by molar-refractivity contribution is -0.122. The third-order valence-corrected chi connectivity index (χ3v) is 3.88. The van der Waals surface area contributed by atoms with Crippen LogP contribution in [0, 0.1) is 5.92 Å². The van der Waals surface area contributed by atoms with Crippen molar-refractivity contribution < 1.29 is 4.79 Å². The summed E-state index contributed by atoms with van der Waals surface area (Å²) in [6.45, 7) is 3.96. The molecule has 1 aliphatic heterocycles. The zero-order valence-corrected chi connectivity index (χ0v) is 12.1. The van der Waals surface area contributed by atoms with Gasteiger partial charge in [-0.1, -0.05) is 30.3 Å². The van der Waals surface area contributed by atoms with Crippen molar-refractivity contribution in [2.75, 3.05) is 32.7 Å². The van der Waals surface area contributed by atoms with E-state index >= 15 is 0 Å². The van der Waals surface area contributed by atoms with Crippen LogP contribution in [0.25, 0.3) is 0 Å². The van der Waals surface area contributed by atoms with Crippen LogP contribution in [0.1, 0.15) is 18.4 Å². The van der Waals surface area contributed by atoms with Crippen LogP contribution in [0.4, 0.5) is 0 Å². The Labute approximate surface area is 121 Å². The molecule has 0 aliphatic carbocycles. The van der Waals surface area contributed by atoms with Crippen molar-refractivity contribution in [1.82, 2.24) is 10.2 Å². The van der Waals surface area contributed by atoms with Gasteiger partial charge in [0.2, 0.25) is 5.91 Å². The Kier molecular flexibility index (Phi) is 6.02. The maximum atomic E-state index is 11.8. The van der Waals surface area contributed by atoms with E-state index in [0.717, 1.165) is 45.4 Å². The third kappa shape index (κ3) is 4.94. The highest BCUT2D eigenvalue weighted by molar-refractivity contribution is 5.78. The normalized spacial score (nSPS) is 19.1. The number of carbonyl (C=O) groups excluding carboxylic acids is 1. The number of carbonyl (C=O) groups is 1. The fourth-order valence-corrected chi connectivity index (χ4v) is 2.67. The van der Waals surface area contributed by atoms with Crippen LogP contribution >= 0.6 is 0 Å². The Morgan fingerprint density at radius 2 is 2.15 bits per heavy atom. The standard InChI is InChI=1S/C16H25N3O/c17-11-15-8-10-19(12-15)13-16(20)18-9-4-7-14-5-2-1-3-6-14/h1-3,5-6,15H,4,7-13,17H2,(H,18,20). The van der Waals surface area contributed by atoms with E-state index in [2.05, 4.69) is 34.5 Å². The quantitative estimate of drug-likeness (QED) is 0.730. The van der Waals surface area contributed by atoms with Gasteiger partial charge < -0.3 is 11.1 Å². The van der Waals surface area contributed by atoms with Crippen LogP contribution in [0.15, 0.2) is 30.3 Å². The number of nitrogens with two attached hydrogens (primary N) is 1. The zero-order valence-electron chi connectivity index (χ0n) is 12.1. The number of aryl methyl sites for hydroxylation is 1. The van der Waals surface area contributed by atoms with Gasteiger partial charge in [0.05, 0.1) is 6.54 Å². The summed E-state index contributed by atoms with van der Waals surface area (Å²) in [7, 11) is 0. The van der Waals surface area contributed by atoms with Gasteiger partial charge in [-0.15, -0.1) is 0 Å². The van der Waals surface area contributed by atoms with Gasteiger partial charge in [0.15, 0.2) is 0 Å². The van der Waals surface area contributed by atoms with Crippen molar-refractivity contribution >= 4 is 5.91 Å². The van der Waals surface area contributed by atoms with E-state index in [1.807, 2.05) is 6.07 Å². The van der Waals surface area contributed by atoms with Crippen molar-refractivity contribution in [3.05, 3.63) is 35.9 Å². The largest absolute Gasteiger partial charge is 0.355 e. The topological polar surface area (TPSA) is 58.4 Å². The molecular weight excluding hydrogens is 250 g/mol. The first kappa shape index (κ1) is 15.0. The first-order chi connectivity index (χ1) is 9.78. The summed E-state index contributed by atoms with van der Waals surface area (Å²) in [5.74, 6) is 0.705. The SMILES string of the molecule is NCC1CCN(CC(=O)NCCCc2ccccc2)C1. The fourth-order valence-electron chi connectivity index (χ4n) is 2.67. The molecule has 1 atom stereocenters. The van der Waals surface area contributed by atoms with Crippen molar-refractivity contribution in [1.29, 1.82) is 0 Å². The molecule has 0 bridgehead atoms. The molecule has 1 heterocycles. The Morgan fingerprint density at radius 1 is 1.35 bits per heavy atom. The number of hydrogen-bond donors (Lipinski definition) is 2. The maximum absolute atomic E-state index is 11.8. The highest BCUT2D eigenvalue weighted by Crippen LogP contribution is 2.13. The van der Waals surface area contributed by atoms with Crippen LogP contribution in [-0.2, 0) is 11.2 Å². The van der Waals surface area contributed by atoms with Gasteiger partial charge in [-0.25, -0.2) is 0 Å². The molecule has 1 unspecified atom stereocenters. The van der Waals surface area contributed by atoms with Gasteiger partial charge in [0, 0.05) is 13.1 Å². The molecule has 3 N–H and O–H groups in total. The third-order valence-electron chi connectivity index (χ3n) is 3.88. The second kappa shape index (κ2) is 8.02. The predicted octanol–water partition coefficient (Wildman–Crippen LogP) is 1.02. The molecule has 1 saturated heterocycles. The molecule has 1 fully saturated rings. The van der Waals surface area contributed by atoms with E-state index in [4.69, 9.17) is 5.73 Å². The van der Waals surface area contributed by atoms with Crippen LogP contribution in [0.2, 0.25) is 0 Å². The van der Waals surface area contributed by atoms with Crippen LogP contribution in [0.5, 0.6) is 0 Å². The smallest absolute Gasteiger partial charge is 0.234 e. The molecule has 0 saturated carbocycles. The van der Waals surface area contributed by atoms with E-state index in [9.17, 15) is 4.79 Å². The van der Waals surface area contributed by atoms with Gasteiger partial charge in [0.25, 0.3) is 0 Å². The molecule has 110 valence electrons. The van der Waals surface area contributed by atoms with Crippen LogP contribution in [0.3, 0.4) is 0 Å². The fraction of sp³-hybridized carbons (Fsp3) is 0.562. The Hall–Kier alpha value is -1.39. The highest BCUT2D eigenvalue weighted by atomic mass is 16.2. The molecule has 4 heteroatoms. The summed E-state index contributed by atoms with van der Waals surface area (Å²) in [5, 5.41) is 3.00. The number of rotatable bonds is 7. The number of nitrogens with zero attached hydrogens (tertiary/aromatic N) is 1. The molecule has 1 aromatic rings. The Balaban J connectivity index is 1.57. The molecule has 0 aromatic heterocycles. The molecule has 4 nitrogen and oxygen atoms in total. The summed E-state index contributed by atoms with van der Waals surface area (Å²) in [4.78, 5) is 14.0. The molecule has 2 rings (SSSR count). The van der Waals surface area contributed by atoms with Gasteiger partial charge in [-0.2, -0.15) is 0 Å². The predicted molar refractivity (Wildman–Crippen MR) is 81.4 cm³/mol. The average Bonchev–Trinajstić information content (AvgIpc) is 2.92. The van der Waals surface area contributed by atoms with Crippen molar-refractivity contribution in [3.63, 3.8) is 0 Å². The lowest BCUT2D eigenvalue weighted by atomic mass is 10.1.